The van der Waals surface area contributed by atoms with Gasteiger partial charge in [-0.05, 0) is 25.9 Å². The average Bonchev–Trinajstić information content (AvgIpc) is 2.42. The fourth-order valence-corrected chi connectivity index (χ4v) is 4.16. The van der Waals surface area contributed by atoms with Crippen molar-refractivity contribution in [3.05, 3.63) is 10.1 Å². The van der Waals surface area contributed by atoms with E-state index >= 15 is 0 Å². The molecule has 2 heterocycles. The van der Waals surface area contributed by atoms with Crippen molar-refractivity contribution in [2.45, 2.75) is 38.3 Å². The first-order valence-electron chi connectivity index (χ1n) is 6.91. The van der Waals surface area contributed by atoms with Crippen LogP contribution in [0.5, 0.6) is 0 Å². The van der Waals surface area contributed by atoms with Gasteiger partial charge in [-0.25, -0.2) is 9.65 Å². The minimum absolute atomic E-state index is 0.0366. The van der Waals surface area contributed by atoms with E-state index < -0.39 is 18.2 Å². The maximum atomic E-state index is 12.4. The topological polar surface area (TPSA) is 93.9 Å². The lowest BCUT2D eigenvalue weighted by Crippen LogP contribution is -2.50. The summed E-state index contributed by atoms with van der Waals surface area (Å²) in [5, 5.41) is 13.8. The fraction of sp³-hybridized carbons (Fsp3) is 1.00. The van der Waals surface area contributed by atoms with Crippen LogP contribution in [0.15, 0.2) is 0 Å². The van der Waals surface area contributed by atoms with Gasteiger partial charge < -0.3 is 4.90 Å². The molecule has 9 heteroatoms. The molecule has 0 bridgehead atoms. The third kappa shape index (κ3) is 3.56. The van der Waals surface area contributed by atoms with Gasteiger partial charge >= 0.3 is 7.75 Å². The van der Waals surface area contributed by atoms with Crippen molar-refractivity contribution in [3.8, 4) is 0 Å². The Hall–Kier alpha value is -0.530. The Morgan fingerprint density at radius 2 is 2.15 bits per heavy atom. The molecule has 0 aromatic heterocycles. The van der Waals surface area contributed by atoms with Gasteiger partial charge in [0, 0.05) is 24.4 Å². The number of rotatable bonds is 4. The van der Waals surface area contributed by atoms with Crippen LogP contribution >= 0.6 is 7.75 Å². The lowest BCUT2D eigenvalue weighted by Gasteiger charge is -2.36. The van der Waals surface area contributed by atoms with Gasteiger partial charge in [-0.2, -0.15) is 0 Å². The molecule has 1 N–H and O–H groups in total. The number of hydrogen-bond donors (Lipinski definition) is 1. The maximum absolute atomic E-state index is 12.4. The number of nitro groups is 1. The van der Waals surface area contributed by atoms with Crippen LogP contribution in [-0.4, -0.2) is 54.3 Å². The Bertz CT molecular complexity index is 407. The summed E-state index contributed by atoms with van der Waals surface area (Å²) in [6.45, 7) is 5.89. The van der Waals surface area contributed by atoms with E-state index in [0.717, 1.165) is 32.5 Å². The van der Waals surface area contributed by atoms with Crippen molar-refractivity contribution in [2.24, 2.45) is 0 Å². The lowest BCUT2D eigenvalue weighted by atomic mass is 10.1. The standard InChI is InChI=1S/C11H22N3O5P/c1-3-13-6-4-5-10(7-13)12-20(17)18-8-11(2,9-19-20)14(15)16/h10H,3-9H2,1-2H3,(H,12,17). The van der Waals surface area contributed by atoms with Crippen LogP contribution in [0, 0.1) is 10.1 Å². The van der Waals surface area contributed by atoms with Crippen molar-refractivity contribution in [1.29, 1.82) is 0 Å². The molecular formula is C11H22N3O5P. The van der Waals surface area contributed by atoms with Gasteiger partial charge in [0.15, 0.2) is 0 Å². The summed E-state index contributed by atoms with van der Waals surface area (Å²) in [5.41, 5.74) is -1.32. The van der Waals surface area contributed by atoms with Gasteiger partial charge in [0.25, 0.3) is 5.54 Å². The summed E-state index contributed by atoms with van der Waals surface area (Å²) in [7, 11) is -3.42. The van der Waals surface area contributed by atoms with Crippen LogP contribution in [0.25, 0.3) is 0 Å². The third-order valence-electron chi connectivity index (χ3n) is 3.83. The Morgan fingerprint density at radius 3 is 2.70 bits per heavy atom. The van der Waals surface area contributed by atoms with Crippen LogP contribution in [0.4, 0.5) is 0 Å². The minimum atomic E-state index is -3.42. The molecule has 0 saturated carbocycles. The van der Waals surface area contributed by atoms with Crippen molar-refractivity contribution in [1.82, 2.24) is 9.99 Å². The predicted octanol–water partition coefficient (Wildman–Crippen LogP) is 1.25. The highest BCUT2D eigenvalue weighted by Gasteiger charge is 2.48. The van der Waals surface area contributed by atoms with Gasteiger partial charge in [-0.15, -0.1) is 0 Å². The van der Waals surface area contributed by atoms with Crippen LogP contribution in [-0.2, 0) is 13.6 Å². The Kier molecular flexibility index (Phi) is 4.81. The molecule has 116 valence electrons. The number of nitrogens with one attached hydrogen (secondary N) is 1. The van der Waals surface area contributed by atoms with Crippen molar-refractivity contribution < 1.29 is 18.5 Å². The lowest BCUT2D eigenvalue weighted by molar-refractivity contribution is -0.573. The quantitative estimate of drug-likeness (QED) is 0.474. The molecule has 0 spiro atoms. The summed E-state index contributed by atoms with van der Waals surface area (Å²) in [5.74, 6) is 0. The summed E-state index contributed by atoms with van der Waals surface area (Å²) in [6.07, 6.45) is 1.93. The van der Waals surface area contributed by atoms with E-state index in [4.69, 9.17) is 9.05 Å². The highest BCUT2D eigenvalue weighted by molar-refractivity contribution is 7.51. The smallest absolute Gasteiger partial charge is 0.302 e. The van der Waals surface area contributed by atoms with Crippen molar-refractivity contribution in [3.63, 3.8) is 0 Å². The molecule has 20 heavy (non-hydrogen) atoms. The summed E-state index contributed by atoms with van der Waals surface area (Å²) < 4.78 is 22.8. The molecule has 0 aromatic rings. The van der Waals surface area contributed by atoms with E-state index in [0.29, 0.717) is 0 Å². The predicted molar refractivity (Wildman–Crippen MR) is 73.2 cm³/mol. The minimum Gasteiger partial charge on any atom is -0.302 e. The molecule has 2 saturated heterocycles. The first-order chi connectivity index (χ1) is 9.37. The first kappa shape index (κ1) is 15.9. The maximum Gasteiger partial charge on any atom is 0.406 e. The molecule has 2 fully saturated rings. The zero-order chi connectivity index (χ0) is 14.8. The van der Waals surface area contributed by atoms with E-state index in [1.54, 1.807) is 0 Å². The molecular weight excluding hydrogens is 285 g/mol. The third-order valence-corrected chi connectivity index (χ3v) is 5.44. The number of likely N-dealkylation sites (N-methyl/N-ethyl adjacent to an activating group) is 1. The average molecular weight is 307 g/mol. The zero-order valence-electron chi connectivity index (χ0n) is 11.9. The Morgan fingerprint density at radius 1 is 1.50 bits per heavy atom. The molecule has 2 aliphatic heterocycles. The Balaban J connectivity index is 1.90. The molecule has 0 aliphatic carbocycles. The van der Waals surface area contributed by atoms with E-state index in [9.17, 15) is 14.7 Å². The summed E-state index contributed by atoms with van der Waals surface area (Å²) in [6, 6.07) is 0.0366. The largest absolute Gasteiger partial charge is 0.406 e. The van der Waals surface area contributed by atoms with Crippen LogP contribution < -0.4 is 5.09 Å². The highest BCUT2D eigenvalue weighted by Crippen LogP contribution is 2.49. The second-order valence-corrected chi connectivity index (χ2v) is 7.43. The number of piperidine rings is 1. The fourth-order valence-electron chi connectivity index (χ4n) is 2.38. The highest BCUT2D eigenvalue weighted by atomic mass is 31.2. The van der Waals surface area contributed by atoms with Crippen LogP contribution in [0.2, 0.25) is 0 Å². The summed E-state index contributed by atoms with van der Waals surface area (Å²) in [4.78, 5) is 12.7. The van der Waals surface area contributed by atoms with Crippen molar-refractivity contribution in [2.75, 3.05) is 32.8 Å². The molecule has 0 radical (unpaired) electrons. The SMILES string of the molecule is CCN1CCCC(NP2(=O)OCC(C)([N+](=O)[O-])CO2)C1. The molecule has 0 amide bonds. The first-order valence-corrected chi connectivity index (χ1v) is 8.45. The number of nitrogens with zero attached hydrogens (tertiary/aromatic N) is 2. The van der Waals surface area contributed by atoms with Gasteiger partial charge in [0.1, 0.15) is 13.2 Å². The molecule has 1 unspecified atom stereocenters. The molecule has 2 rings (SSSR count). The van der Waals surface area contributed by atoms with E-state index in [2.05, 4.69) is 16.9 Å². The second kappa shape index (κ2) is 6.07. The van der Waals surface area contributed by atoms with E-state index in [-0.39, 0.29) is 19.3 Å². The van der Waals surface area contributed by atoms with Gasteiger partial charge in [0.05, 0.1) is 0 Å². The van der Waals surface area contributed by atoms with Crippen molar-refractivity contribution >= 4 is 7.75 Å². The second-order valence-electron chi connectivity index (χ2n) is 5.66. The molecule has 8 nitrogen and oxygen atoms in total. The number of likely N-dealkylation sites (tertiary alicyclic amines) is 1. The van der Waals surface area contributed by atoms with Crippen LogP contribution in [0.3, 0.4) is 0 Å². The number of hydrogen-bond acceptors (Lipinski definition) is 6. The molecule has 2 aliphatic rings. The van der Waals surface area contributed by atoms with Gasteiger partial charge in [0.2, 0.25) is 0 Å². The molecule has 1 atom stereocenters. The Labute approximate surface area is 118 Å². The normalized spacial score (nSPS) is 39.6. The van der Waals surface area contributed by atoms with Crippen LogP contribution in [0.1, 0.15) is 26.7 Å². The molecule has 0 aromatic carbocycles. The monoisotopic (exact) mass is 307 g/mol. The van der Waals surface area contributed by atoms with E-state index in [1.165, 1.54) is 6.92 Å². The van der Waals surface area contributed by atoms with Gasteiger partial charge in [-0.1, -0.05) is 6.92 Å². The zero-order valence-corrected chi connectivity index (χ0v) is 12.8. The summed E-state index contributed by atoms with van der Waals surface area (Å²) >= 11 is 0. The van der Waals surface area contributed by atoms with Gasteiger partial charge in [-0.3, -0.25) is 19.2 Å². The van der Waals surface area contributed by atoms with E-state index in [1.807, 2.05) is 0 Å².